The molecule has 0 aliphatic rings. The molecule has 0 spiro atoms. The number of unbranched alkanes of at least 4 members (excludes halogenated alkanes) is 1. The van der Waals surface area contributed by atoms with E-state index in [9.17, 15) is 0 Å². The van der Waals surface area contributed by atoms with Crippen molar-refractivity contribution >= 4 is 0 Å². The summed E-state index contributed by atoms with van der Waals surface area (Å²) in [4.78, 5) is 0. The Balaban J connectivity index is 2.25. The fourth-order valence-electron chi connectivity index (χ4n) is 1.53. The first kappa shape index (κ1) is 9.90. The topological polar surface area (TPSA) is 38.9 Å². The number of rotatable bonds is 4. The SMILES string of the molecule is CCCCc1onnc1-c1ccccc1. The molecule has 0 aliphatic heterocycles. The van der Waals surface area contributed by atoms with Gasteiger partial charge in [-0.25, -0.2) is 0 Å². The lowest BCUT2D eigenvalue weighted by atomic mass is 10.1. The van der Waals surface area contributed by atoms with E-state index >= 15 is 0 Å². The Kier molecular flexibility index (Phi) is 3.12. The summed E-state index contributed by atoms with van der Waals surface area (Å²) in [5, 5.41) is 7.65. The Morgan fingerprint density at radius 3 is 2.73 bits per heavy atom. The lowest BCUT2D eigenvalue weighted by Crippen LogP contribution is -1.86. The number of benzene rings is 1. The Bertz CT molecular complexity index is 409. The van der Waals surface area contributed by atoms with E-state index in [1.54, 1.807) is 0 Å². The lowest BCUT2D eigenvalue weighted by molar-refractivity contribution is 0.359. The van der Waals surface area contributed by atoms with Crippen molar-refractivity contribution in [2.24, 2.45) is 0 Å². The molecule has 0 saturated heterocycles. The van der Waals surface area contributed by atoms with Crippen molar-refractivity contribution in [2.45, 2.75) is 26.2 Å². The first-order valence-corrected chi connectivity index (χ1v) is 5.28. The minimum absolute atomic E-state index is 0.879. The summed E-state index contributed by atoms with van der Waals surface area (Å²) in [6.45, 7) is 2.16. The molecule has 0 aliphatic carbocycles. The third kappa shape index (κ3) is 2.24. The van der Waals surface area contributed by atoms with Crippen LogP contribution >= 0.6 is 0 Å². The van der Waals surface area contributed by atoms with Gasteiger partial charge in [0, 0.05) is 17.3 Å². The van der Waals surface area contributed by atoms with Gasteiger partial charge in [-0.2, -0.15) is 0 Å². The average Bonchev–Trinajstić information content (AvgIpc) is 2.75. The second-order valence-corrected chi connectivity index (χ2v) is 3.51. The van der Waals surface area contributed by atoms with Crippen molar-refractivity contribution in [3.8, 4) is 11.3 Å². The molecule has 0 amide bonds. The molecule has 0 N–H and O–H groups in total. The van der Waals surface area contributed by atoms with Crippen LogP contribution < -0.4 is 0 Å². The second-order valence-electron chi connectivity index (χ2n) is 3.51. The molecule has 2 aromatic rings. The van der Waals surface area contributed by atoms with E-state index in [0.717, 1.165) is 36.3 Å². The monoisotopic (exact) mass is 202 g/mol. The highest BCUT2D eigenvalue weighted by molar-refractivity contribution is 5.60. The molecule has 1 aromatic carbocycles. The smallest absolute Gasteiger partial charge is 0.165 e. The zero-order valence-electron chi connectivity index (χ0n) is 8.81. The van der Waals surface area contributed by atoms with Gasteiger partial charge in [0.25, 0.3) is 0 Å². The first-order chi connectivity index (χ1) is 7.42. The van der Waals surface area contributed by atoms with Gasteiger partial charge >= 0.3 is 0 Å². The van der Waals surface area contributed by atoms with E-state index in [1.165, 1.54) is 0 Å². The molecular weight excluding hydrogens is 188 g/mol. The van der Waals surface area contributed by atoms with Crippen LogP contribution in [0.1, 0.15) is 25.5 Å². The number of hydrogen-bond donors (Lipinski definition) is 0. The second kappa shape index (κ2) is 4.73. The van der Waals surface area contributed by atoms with E-state index in [-0.39, 0.29) is 0 Å². The molecule has 15 heavy (non-hydrogen) atoms. The predicted molar refractivity (Wildman–Crippen MR) is 58.3 cm³/mol. The summed E-state index contributed by atoms with van der Waals surface area (Å²) < 4.78 is 5.16. The van der Waals surface area contributed by atoms with E-state index in [0.29, 0.717) is 0 Å². The van der Waals surface area contributed by atoms with Gasteiger partial charge < -0.3 is 4.52 Å². The summed E-state index contributed by atoms with van der Waals surface area (Å²) in [5.74, 6) is 0.892. The quantitative estimate of drug-likeness (QED) is 0.764. The predicted octanol–water partition coefficient (Wildman–Crippen LogP) is 3.08. The summed E-state index contributed by atoms with van der Waals surface area (Å²) in [7, 11) is 0. The highest BCUT2D eigenvalue weighted by atomic mass is 16.5. The third-order valence-corrected chi connectivity index (χ3v) is 2.36. The number of aryl methyl sites for hydroxylation is 1. The Morgan fingerprint density at radius 2 is 2.00 bits per heavy atom. The largest absolute Gasteiger partial charge is 0.341 e. The molecule has 2 rings (SSSR count). The summed E-state index contributed by atoms with van der Waals surface area (Å²) in [6.07, 6.45) is 3.17. The van der Waals surface area contributed by atoms with Crippen LogP contribution in [-0.4, -0.2) is 10.4 Å². The highest BCUT2D eigenvalue weighted by Gasteiger charge is 2.10. The fraction of sp³-hybridized carbons (Fsp3) is 0.333. The fourth-order valence-corrected chi connectivity index (χ4v) is 1.53. The van der Waals surface area contributed by atoms with Crippen molar-refractivity contribution < 1.29 is 4.52 Å². The molecule has 0 radical (unpaired) electrons. The Hall–Kier alpha value is -1.64. The summed E-state index contributed by atoms with van der Waals surface area (Å²) in [6, 6.07) is 10.0. The molecule has 1 aromatic heterocycles. The van der Waals surface area contributed by atoms with E-state index in [2.05, 4.69) is 17.3 Å². The minimum Gasteiger partial charge on any atom is -0.341 e. The van der Waals surface area contributed by atoms with Crippen LogP contribution in [0.3, 0.4) is 0 Å². The zero-order chi connectivity index (χ0) is 10.5. The molecule has 1 heterocycles. The molecule has 3 heteroatoms. The Morgan fingerprint density at radius 1 is 1.20 bits per heavy atom. The minimum atomic E-state index is 0.879. The van der Waals surface area contributed by atoms with Crippen molar-refractivity contribution in [1.29, 1.82) is 0 Å². The van der Waals surface area contributed by atoms with Crippen molar-refractivity contribution in [1.82, 2.24) is 10.4 Å². The van der Waals surface area contributed by atoms with Gasteiger partial charge in [-0.1, -0.05) is 43.7 Å². The number of aromatic nitrogens is 2. The molecule has 0 atom stereocenters. The molecule has 0 unspecified atom stereocenters. The van der Waals surface area contributed by atoms with Crippen LogP contribution in [0.4, 0.5) is 0 Å². The number of hydrogen-bond acceptors (Lipinski definition) is 3. The highest BCUT2D eigenvalue weighted by Crippen LogP contribution is 2.21. The first-order valence-electron chi connectivity index (χ1n) is 5.28. The maximum absolute atomic E-state index is 5.16. The molecule has 3 nitrogen and oxygen atoms in total. The average molecular weight is 202 g/mol. The Labute approximate surface area is 89.1 Å². The van der Waals surface area contributed by atoms with E-state index in [1.807, 2.05) is 30.3 Å². The molecular formula is C12H14N2O. The van der Waals surface area contributed by atoms with Crippen LogP contribution in [0.15, 0.2) is 34.9 Å². The van der Waals surface area contributed by atoms with Gasteiger partial charge in [0.1, 0.15) is 5.69 Å². The summed E-state index contributed by atoms with van der Waals surface area (Å²) >= 11 is 0. The van der Waals surface area contributed by atoms with Crippen LogP contribution in [0, 0.1) is 0 Å². The normalized spacial score (nSPS) is 10.5. The zero-order valence-corrected chi connectivity index (χ0v) is 8.81. The van der Waals surface area contributed by atoms with Gasteiger partial charge in [0.05, 0.1) is 0 Å². The lowest BCUT2D eigenvalue weighted by Gasteiger charge is -1.97. The van der Waals surface area contributed by atoms with Gasteiger partial charge in [-0.3, -0.25) is 0 Å². The van der Waals surface area contributed by atoms with Crippen LogP contribution in [0.25, 0.3) is 11.3 Å². The molecule has 0 fully saturated rings. The van der Waals surface area contributed by atoms with Crippen molar-refractivity contribution in [3.05, 3.63) is 36.1 Å². The van der Waals surface area contributed by atoms with Gasteiger partial charge in [0.15, 0.2) is 5.76 Å². The number of nitrogens with zero attached hydrogens (tertiary/aromatic N) is 2. The standard InChI is InChI=1S/C12H14N2O/c1-2-3-9-11-12(13-14-15-11)10-7-5-4-6-8-10/h4-8H,2-3,9H2,1H3. The van der Waals surface area contributed by atoms with Crippen molar-refractivity contribution in [3.63, 3.8) is 0 Å². The van der Waals surface area contributed by atoms with Crippen molar-refractivity contribution in [2.75, 3.05) is 0 Å². The maximum atomic E-state index is 5.16. The van der Waals surface area contributed by atoms with Gasteiger partial charge in [-0.15, -0.1) is 5.10 Å². The van der Waals surface area contributed by atoms with Crippen LogP contribution in [-0.2, 0) is 6.42 Å². The van der Waals surface area contributed by atoms with E-state index in [4.69, 9.17) is 4.52 Å². The van der Waals surface area contributed by atoms with E-state index < -0.39 is 0 Å². The molecule has 0 saturated carbocycles. The maximum Gasteiger partial charge on any atom is 0.165 e. The van der Waals surface area contributed by atoms with Gasteiger partial charge in [0.2, 0.25) is 0 Å². The molecule has 0 bridgehead atoms. The summed E-state index contributed by atoms with van der Waals surface area (Å²) in [5.41, 5.74) is 1.95. The van der Waals surface area contributed by atoms with Crippen LogP contribution in [0.5, 0.6) is 0 Å². The van der Waals surface area contributed by atoms with Crippen LogP contribution in [0.2, 0.25) is 0 Å². The van der Waals surface area contributed by atoms with Gasteiger partial charge in [-0.05, 0) is 6.42 Å². The molecule has 78 valence electrons. The third-order valence-electron chi connectivity index (χ3n) is 2.36.